The van der Waals surface area contributed by atoms with Crippen LogP contribution in [0.2, 0.25) is 0 Å². The number of amides is 2. The van der Waals surface area contributed by atoms with Crippen molar-refractivity contribution < 1.29 is 9.59 Å². The van der Waals surface area contributed by atoms with Crippen LogP contribution in [-0.4, -0.2) is 41.7 Å². The minimum atomic E-state index is -0.0988. The first-order valence-electron chi connectivity index (χ1n) is 17.4. The summed E-state index contributed by atoms with van der Waals surface area (Å²) in [5.41, 5.74) is 17.6. The van der Waals surface area contributed by atoms with Gasteiger partial charge in [-0.15, -0.1) is 0 Å². The van der Waals surface area contributed by atoms with Gasteiger partial charge in [-0.3, -0.25) is 19.6 Å². The van der Waals surface area contributed by atoms with Crippen molar-refractivity contribution in [3.8, 4) is 34.7 Å². The Morgan fingerprint density at radius 2 is 1.13 bits per heavy atom. The van der Waals surface area contributed by atoms with E-state index in [-0.39, 0.29) is 35.5 Å². The lowest BCUT2D eigenvalue weighted by molar-refractivity contribution is -0.118. The smallest absolute Gasteiger partial charge is 0.228 e. The molecule has 6 aromatic heterocycles. The number of nitrogens with one attached hydrogen (secondary N) is 2. The van der Waals surface area contributed by atoms with E-state index in [0.29, 0.717) is 36.1 Å². The summed E-state index contributed by atoms with van der Waals surface area (Å²) in [6.07, 6.45) is 12.6. The van der Waals surface area contributed by atoms with Gasteiger partial charge in [-0.1, -0.05) is 0 Å². The molecule has 2 aliphatic carbocycles. The molecule has 2 aliphatic rings. The molecule has 14 heteroatoms. The van der Waals surface area contributed by atoms with Gasteiger partial charge < -0.3 is 22.1 Å². The van der Waals surface area contributed by atoms with Gasteiger partial charge in [0.1, 0.15) is 23.3 Å². The number of nitrogens with two attached hydrogens (primary N) is 2. The quantitative estimate of drug-likeness (QED) is 0.139. The SMILES string of the molecule is Cc1ccncc1-c1cc2cc(NC(=O)[C@@H]3C[C@H]3CC#N)ncc2c(N)n1.Cc1ccncc1-c1cc2cc(NC(=O)[C@H]3C[C@@H]3CC#N)ncc2c(N)n1. The van der Waals surface area contributed by atoms with Crippen LogP contribution in [0.15, 0.2) is 73.6 Å². The summed E-state index contributed by atoms with van der Waals surface area (Å²) in [7, 11) is 0. The maximum atomic E-state index is 12.3. The number of nitrogens with zero attached hydrogens (tertiary/aromatic N) is 8. The van der Waals surface area contributed by atoms with E-state index in [1.54, 1.807) is 49.3 Å². The predicted octanol–water partition coefficient (Wildman–Crippen LogP) is 6.14. The number of pyridine rings is 6. The summed E-state index contributed by atoms with van der Waals surface area (Å²) in [6.45, 7) is 3.98. The van der Waals surface area contributed by atoms with E-state index in [9.17, 15) is 9.59 Å². The van der Waals surface area contributed by atoms with Crippen molar-refractivity contribution in [3.63, 3.8) is 0 Å². The minimum Gasteiger partial charge on any atom is -0.383 e. The summed E-state index contributed by atoms with van der Waals surface area (Å²) >= 11 is 0. The molecule has 0 aliphatic heterocycles. The first-order chi connectivity index (χ1) is 26.1. The van der Waals surface area contributed by atoms with Gasteiger partial charge in [0.15, 0.2) is 0 Å². The van der Waals surface area contributed by atoms with Crippen LogP contribution in [0.25, 0.3) is 44.1 Å². The molecule has 14 nitrogen and oxygen atoms in total. The molecule has 2 saturated carbocycles. The monoisotopic (exact) mass is 716 g/mol. The number of nitriles is 2. The molecule has 6 N–H and O–H groups in total. The molecule has 4 atom stereocenters. The summed E-state index contributed by atoms with van der Waals surface area (Å²) < 4.78 is 0. The van der Waals surface area contributed by atoms with Gasteiger partial charge in [0, 0.05) is 83.8 Å². The fourth-order valence-electron chi connectivity index (χ4n) is 6.49. The molecule has 0 spiro atoms. The molecule has 0 unspecified atom stereocenters. The number of aromatic nitrogens is 6. The second-order valence-corrected chi connectivity index (χ2v) is 13.7. The Bertz CT molecular complexity index is 2350. The first-order valence-corrected chi connectivity index (χ1v) is 17.4. The highest BCUT2D eigenvalue weighted by Crippen LogP contribution is 2.42. The van der Waals surface area contributed by atoms with E-state index >= 15 is 0 Å². The third-order valence-electron chi connectivity index (χ3n) is 9.85. The summed E-state index contributed by atoms with van der Waals surface area (Å²) in [5, 5.41) is 26.3. The van der Waals surface area contributed by atoms with Gasteiger partial charge in [-0.2, -0.15) is 10.5 Å². The average Bonchev–Trinajstić information content (AvgIpc) is 4.09. The van der Waals surface area contributed by atoms with Crippen molar-refractivity contribution in [1.29, 1.82) is 10.5 Å². The van der Waals surface area contributed by atoms with E-state index in [4.69, 9.17) is 22.0 Å². The Kier molecular flexibility index (Phi) is 9.75. The third-order valence-corrected chi connectivity index (χ3v) is 9.85. The van der Waals surface area contributed by atoms with Crippen molar-refractivity contribution >= 4 is 56.6 Å². The molecule has 54 heavy (non-hydrogen) atoms. The largest absolute Gasteiger partial charge is 0.383 e. The fourth-order valence-corrected chi connectivity index (χ4v) is 6.49. The Balaban J connectivity index is 0.000000167. The molecule has 2 fully saturated rings. The van der Waals surface area contributed by atoms with Crippen LogP contribution >= 0.6 is 0 Å². The van der Waals surface area contributed by atoms with Crippen LogP contribution in [0.1, 0.15) is 36.8 Å². The summed E-state index contributed by atoms with van der Waals surface area (Å²) in [6, 6.07) is 15.5. The highest BCUT2D eigenvalue weighted by atomic mass is 16.2. The van der Waals surface area contributed by atoms with Crippen LogP contribution in [-0.2, 0) is 9.59 Å². The number of hydrogen-bond donors (Lipinski definition) is 4. The van der Waals surface area contributed by atoms with Crippen molar-refractivity contribution in [1.82, 2.24) is 29.9 Å². The Labute approximate surface area is 310 Å². The highest BCUT2D eigenvalue weighted by Gasteiger charge is 2.43. The molecular weight excluding hydrogens is 681 g/mol. The van der Waals surface area contributed by atoms with Gasteiger partial charge >= 0.3 is 0 Å². The van der Waals surface area contributed by atoms with Crippen LogP contribution in [0.5, 0.6) is 0 Å². The second-order valence-electron chi connectivity index (χ2n) is 13.7. The molecule has 0 saturated heterocycles. The minimum absolute atomic E-state index is 0.0903. The van der Waals surface area contributed by atoms with E-state index in [1.807, 2.05) is 38.1 Å². The molecule has 0 radical (unpaired) electrons. The number of rotatable bonds is 8. The first kappa shape index (κ1) is 35.3. The lowest BCUT2D eigenvalue weighted by atomic mass is 10.1. The zero-order chi connectivity index (χ0) is 37.9. The van der Waals surface area contributed by atoms with Crippen LogP contribution in [0.4, 0.5) is 23.3 Å². The van der Waals surface area contributed by atoms with Crippen LogP contribution in [0.3, 0.4) is 0 Å². The van der Waals surface area contributed by atoms with Crippen molar-refractivity contribution in [2.75, 3.05) is 22.1 Å². The molecule has 268 valence electrons. The summed E-state index contributed by atoms with van der Waals surface area (Å²) in [4.78, 5) is 50.4. The molecular formula is C40H36N12O2. The van der Waals surface area contributed by atoms with Gasteiger partial charge in [0.05, 0.1) is 23.5 Å². The van der Waals surface area contributed by atoms with Crippen molar-refractivity contribution in [3.05, 3.63) is 84.7 Å². The van der Waals surface area contributed by atoms with E-state index < -0.39 is 0 Å². The van der Waals surface area contributed by atoms with Crippen molar-refractivity contribution in [2.45, 2.75) is 39.5 Å². The predicted molar refractivity (Wildman–Crippen MR) is 205 cm³/mol. The number of nitrogen functional groups attached to an aromatic ring is 2. The topological polar surface area (TPSA) is 235 Å². The Morgan fingerprint density at radius 1 is 0.704 bits per heavy atom. The maximum absolute atomic E-state index is 12.3. The van der Waals surface area contributed by atoms with Crippen LogP contribution < -0.4 is 22.1 Å². The molecule has 8 rings (SSSR count). The van der Waals surface area contributed by atoms with Crippen molar-refractivity contribution in [2.24, 2.45) is 23.7 Å². The number of carbonyl (C=O) groups is 2. The number of fused-ring (bicyclic) bond motifs is 2. The molecule has 2 amide bonds. The van der Waals surface area contributed by atoms with Gasteiger partial charge in [-0.05, 0) is 96.8 Å². The number of hydrogen-bond acceptors (Lipinski definition) is 12. The Morgan fingerprint density at radius 3 is 1.52 bits per heavy atom. The standard InChI is InChI=1S/2C20H18N6O/c2*1-11-3-5-23-9-15(11)17-7-13-8-18(24-10-16(13)19(22)25-17)26-20(27)14-6-12(14)2-4-21/h2*3,5,7-10,12,14H,2,6H2,1H3,(H2,22,25)(H,24,26,27)/t2*12-,14-/m10/s1. The second kappa shape index (κ2) is 14.9. The number of aryl methyl sites for hydroxylation is 2. The molecule has 0 bridgehead atoms. The average molecular weight is 717 g/mol. The molecule has 0 aromatic carbocycles. The normalized spacial score (nSPS) is 18.1. The maximum Gasteiger partial charge on any atom is 0.228 e. The lowest BCUT2D eigenvalue weighted by Gasteiger charge is -2.10. The Hall–Kier alpha value is -7.06. The van der Waals surface area contributed by atoms with E-state index in [1.165, 1.54) is 0 Å². The molecule has 6 aromatic rings. The molecule has 6 heterocycles. The lowest BCUT2D eigenvalue weighted by Crippen LogP contribution is -2.15. The summed E-state index contributed by atoms with van der Waals surface area (Å²) in [5.74, 6) is 1.64. The highest BCUT2D eigenvalue weighted by molar-refractivity contribution is 6.00. The zero-order valence-corrected chi connectivity index (χ0v) is 29.6. The van der Waals surface area contributed by atoms with Gasteiger partial charge in [0.2, 0.25) is 11.8 Å². The number of carbonyl (C=O) groups excluding carboxylic acids is 2. The van der Waals surface area contributed by atoms with E-state index in [0.717, 1.165) is 68.0 Å². The van der Waals surface area contributed by atoms with Gasteiger partial charge in [0.25, 0.3) is 0 Å². The van der Waals surface area contributed by atoms with Crippen LogP contribution in [0, 0.1) is 60.2 Å². The zero-order valence-electron chi connectivity index (χ0n) is 29.6. The van der Waals surface area contributed by atoms with E-state index in [2.05, 4.69) is 52.7 Å². The number of anilines is 4. The fraction of sp³-hybridized carbons (Fsp3) is 0.250. The third kappa shape index (κ3) is 7.59. The van der Waals surface area contributed by atoms with Gasteiger partial charge in [-0.25, -0.2) is 19.9 Å².